The van der Waals surface area contributed by atoms with Crippen molar-refractivity contribution in [2.75, 3.05) is 0 Å². The SMILES string of the molecule is CC/C(=C(/c1ccc(/C=C/C(=O)O)cc1)c1[nH]c2ccccc2c1C)c1ccc(F)cc1Cl. The van der Waals surface area contributed by atoms with E-state index in [0.717, 1.165) is 56.1 Å². The highest BCUT2D eigenvalue weighted by molar-refractivity contribution is 6.32. The number of aromatic amines is 1. The number of nitrogens with one attached hydrogen (secondary N) is 1. The molecule has 4 rings (SSSR count). The Hall–Kier alpha value is -3.63. The van der Waals surface area contributed by atoms with E-state index in [4.69, 9.17) is 16.7 Å². The number of carboxylic acid groups (broad SMARTS) is 1. The van der Waals surface area contributed by atoms with E-state index in [-0.39, 0.29) is 5.82 Å². The van der Waals surface area contributed by atoms with Crippen molar-refractivity contribution in [1.82, 2.24) is 4.98 Å². The van der Waals surface area contributed by atoms with E-state index in [1.165, 1.54) is 12.1 Å². The van der Waals surface area contributed by atoms with E-state index >= 15 is 0 Å². The molecule has 0 fully saturated rings. The summed E-state index contributed by atoms with van der Waals surface area (Å²) in [5, 5.41) is 10.4. The molecule has 166 valence electrons. The smallest absolute Gasteiger partial charge is 0.328 e. The van der Waals surface area contributed by atoms with Crippen molar-refractivity contribution in [1.29, 1.82) is 0 Å². The molecule has 0 saturated heterocycles. The fraction of sp³-hybridized carbons (Fsp3) is 0.107. The Balaban J connectivity index is 1.98. The first kappa shape index (κ1) is 22.6. The number of aromatic nitrogens is 1. The topological polar surface area (TPSA) is 53.1 Å². The molecule has 1 heterocycles. The lowest BCUT2D eigenvalue weighted by molar-refractivity contribution is -0.131. The van der Waals surface area contributed by atoms with Crippen LogP contribution >= 0.6 is 11.6 Å². The van der Waals surface area contributed by atoms with Crippen molar-refractivity contribution in [2.24, 2.45) is 0 Å². The number of fused-ring (bicyclic) bond motifs is 1. The summed E-state index contributed by atoms with van der Waals surface area (Å²) in [7, 11) is 0. The number of aliphatic carboxylic acids is 1. The lowest BCUT2D eigenvalue weighted by Crippen LogP contribution is -1.98. The number of allylic oxidation sites excluding steroid dienone is 1. The second kappa shape index (κ2) is 9.47. The monoisotopic (exact) mass is 459 g/mol. The molecule has 3 nitrogen and oxygen atoms in total. The summed E-state index contributed by atoms with van der Waals surface area (Å²) >= 11 is 6.49. The summed E-state index contributed by atoms with van der Waals surface area (Å²) in [5.41, 5.74) is 7.60. The van der Waals surface area contributed by atoms with Gasteiger partial charge in [0.1, 0.15) is 5.82 Å². The van der Waals surface area contributed by atoms with Crippen LogP contribution in [0.15, 0.2) is 72.8 Å². The molecule has 0 unspecified atom stereocenters. The molecular weight excluding hydrogens is 437 g/mol. The lowest BCUT2D eigenvalue weighted by atomic mass is 9.89. The van der Waals surface area contributed by atoms with Gasteiger partial charge in [-0.05, 0) is 65.4 Å². The van der Waals surface area contributed by atoms with Crippen LogP contribution < -0.4 is 0 Å². The number of para-hydroxylation sites is 1. The maximum atomic E-state index is 13.8. The van der Waals surface area contributed by atoms with Crippen molar-refractivity contribution in [3.05, 3.63) is 112 Å². The number of hydrogen-bond donors (Lipinski definition) is 2. The van der Waals surface area contributed by atoms with Gasteiger partial charge < -0.3 is 10.1 Å². The predicted octanol–water partition coefficient (Wildman–Crippen LogP) is 7.74. The van der Waals surface area contributed by atoms with Gasteiger partial charge in [-0.2, -0.15) is 0 Å². The largest absolute Gasteiger partial charge is 0.478 e. The van der Waals surface area contributed by atoms with Crippen LogP contribution in [0.5, 0.6) is 0 Å². The van der Waals surface area contributed by atoms with E-state index in [9.17, 15) is 9.18 Å². The third kappa shape index (κ3) is 4.62. The molecule has 5 heteroatoms. The van der Waals surface area contributed by atoms with Gasteiger partial charge in [-0.15, -0.1) is 0 Å². The van der Waals surface area contributed by atoms with Crippen LogP contribution in [-0.4, -0.2) is 16.1 Å². The number of hydrogen-bond acceptors (Lipinski definition) is 1. The van der Waals surface area contributed by atoms with Gasteiger partial charge >= 0.3 is 5.97 Å². The van der Waals surface area contributed by atoms with Gasteiger partial charge in [0.2, 0.25) is 0 Å². The molecule has 0 spiro atoms. The summed E-state index contributed by atoms with van der Waals surface area (Å²) in [6.45, 7) is 4.13. The van der Waals surface area contributed by atoms with Crippen molar-refractivity contribution < 1.29 is 14.3 Å². The minimum absolute atomic E-state index is 0.360. The maximum Gasteiger partial charge on any atom is 0.328 e. The summed E-state index contributed by atoms with van der Waals surface area (Å²) in [5.74, 6) is -1.37. The van der Waals surface area contributed by atoms with Gasteiger partial charge in [0.05, 0.1) is 10.7 Å². The zero-order valence-electron chi connectivity index (χ0n) is 18.3. The maximum absolute atomic E-state index is 13.8. The van der Waals surface area contributed by atoms with Gasteiger partial charge in [-0.25, -0.2) is 9.18 Å². The highest BCUT2D eigenvalue weighted by Gasteiger charge is 2.19. The Kier molecular flexibility index (Phi) is 6.47. The molecule has 0 radical (unpaired) electrons. The van der Waals surface area contributed by atoms with Crippen LogP contribution in [-0.2, 0) is 4.79 Å². The number of halogens is 2. The van der Waals surface area contributed by atoms with Crippen LogP contribution in [0.4, 0.5) is 4.39 Å². The number of aryl methyl sites for hydroxylation is 1. The van der Waals surface area contributed by atoms with Crippen LogP contribution in [0.25, 0.3) is 28.1 Å². The fourth-order valence-electron chi connectivity index (χ4n) is 4.17. The summed E-state index contributed by atoms with van der Waals surface area (Å²) in [6, 6.07) is 20.3. The molecule has 0 aliphatic carbocycles. The Labute approximate surface area is 196 Å². The first-order valence-electron chi connectivity index (χ1n) is 10.7. The second-order valence-corrected chi connectivity index (χ2v) is 8.20. The molecule has 0 saturated carbocycles. The van der Waals surface area contributed by atoms with E-state index in [1.807, 2.05) is 42.5 Å². The quantitative estimate of drug-likeness (QED) is 0.229. The molecule has 0 atom stereocenters. The van der Waals surface area contributed by atoms with Gasteiger partial charge in [0.25, 0.3) is 0 Å². The first-order chi connectivity index (χ1) is 15.9. The van der Waals surface area contributed by atoms with Gasteiger partial charge in [-0.1, -0.05) is 67.1 Å². The minimum Gasteiger partial charge on any atom is -0.478 e. The lowest BCUT2D eigenvalue weighted by Gasteiger charge is -2.17. The average molecular weight is 460 g/mol. The van der Waals surface area contributed by atoms with Gasteiger partial charge in [0.15, 0.2) is 0 Å². The van der Waals surface area contributed by atoms with E-state index in [0.29, 0.717) is 11.4 Å². The van der Waals surface area contributed by atoms with Gasteiger partial charge in [0, 0.05) is 22.6 Å². The summed E-state index contributed by atoms with van der Waals surface area (Å²) in [6.07, 6.45) is 3.35. The van der Waals surface area contributed by atoms with Crippen LogP contribution in [0.2, 0.25) is 5.02 Å². The van der Waals surface area contributed by atoms with Crippen molar-refractivity contribution in [2.45, 2.75) is 20.3 Å². The summed E-state index contributed by atoms with van der Waals surface area (Å²) < 4.78 is 13.8. The molecular formula is C28H23ClFNO2. The third-order valence-electron chi connectivity index (χ3n) is 5.75. The van der Waals surface area contributed by atoms with Crippen molar-refractivity contribution in [3.8, 4) is 0 Å². The number of carboxylic acids is 1. The predicted molar refractivity (Wildman–Crippen MR) is 134 cm³/mol. The molecule has 0 aliphatic heterocycles. The number of carbonyl (C=O) groups is 1. The first-order valence-corrected chi connectivity index (χ1v) is 11.0. The minimum atomic E-state index is -0.993. The molecule has 1 aromatic heterocycles. The molecule has 33 heavy (non-hydrogen) atoms. The molecule has 0 bridgehead atoms. The van der Waals surface area contributed by atoms with Crippen molar-refractivity contribution >= 4 is 45.7 Å². The Morgan fingerprint density at radius 3 is 2.45 bits per heavy atom. The molecule has 3 aromatic carbocycles. The molecule has 4 aromatic rings. The van der Waals surface area contributed by atoms with Crippen LogP contribution in [0, 0.1) is 12.7 Å². The van der Waals surface area contributed by atoms with E-state index in [1.54, 1.807) is 12.1 Å². The fourth-order valence-corrected chi connectivity index (χ4v) is 4.45. The molecule has 0 amide bonds. The Bertz CT molecular complexity index is 1400. The third-order valence-corrected chi connectivity index (χ3v) is 6.06. The zero-order chi connectivity index (χ0) is 23.5. The van der Waals surface area contributed by atoms with E-state index in [2.05, 4.69) is 24.9 Å². The highest BCUT2D eigenvalue weighted by atomic mass is 35.5. The molecule has 0 aliphatic rings. The second-order valence-electron chi connectivity index (χ2n) is 7.80. The standard InChI is InChI=1S/C28H23ClFNO2/c1-3-21(23-14-13-20(30)16-24(23)29)27(19-11-8-18(9-12-19)10-15-26(32)33)28-17(2)22-6-4-5-7-25(22)31-28/h4-16,31H,3H2,1-2H3,(H,32,33)/b15-10+,27-21+. The number of rotatable bonds is 6. The van der Waals surface area contributed by atoms with E-state index < -0.39 is 5.97 Å². The highest BCUT2D eigenvalue weighted by Crippen LogP contribution is 2.39. The number of H-pyrrole nitrogens is 1. The molecule has 2 N–H and O–H groups in total. The summed E-state index contributed by atoms with van der Waals surface area (Å²) in [4.78, 5) is 14.4. The zero-order valence-corrected chi connectivity index (χ0v) is 19.1. The Morgan fingerprint density at radius 1 is 1.09 bits per heavy atom. The van der Waals surface area contributed by atoms with Crippen molar-refractivity contribution in [3.63, 3.8) is 0 Å². The van der Waals surface area contributed by atoms with Crippen LogP contribution in [0.3, 0.4) is 0 Å². The average Bonchev–Trinajstić information content (AvgIpc) is 3.13. The number of benzene rings is 3. The normalized spacial score (nSPS) is 12.4. The Morgan fingerprint density at radius 2 is 1.82 bits per heavy atom. The van der Waals surface area contributed by atoms with Gasteiger partial charge in [-0.3, -0.25) is 0 Å². The van der Waals surface area contributed by atoms with Crippen LogP contribution in [0.1, 0.15) is 41.3 Å².